The molecule has 0 bridgehead atoms. The van der Waals surface area contributed by atoms with E-state index in [1.54, 1.807) is 23.7 Å². The Kier molecular flexibility index (Phi) is 4.17. The first kappa shape index (κ1) is 14.0. The summed E-state index contributed by atoms with van der Waals surface area (Å²) in [4.78, 5) is 7.72. The molecule has 0 amide bonds. The Labute approximate surface area is 132 Å². The van der Waals surface area contributed by atoms with Crippen molar-refractivity contribution in [2.24, 2.45) is 0 Å². The summed E-state index contributed by atoms with van der Waals surface area (Å²) in [5.74, 6) is 0.589. The summed E-state index contributed by atoms with van der Waals surface area (Å²) in [6.07, 6.45) is 3.57. The number of nitrogens with two attached hydrogens (primary N) is 1. The Bertz CT molecular complexity index is 692. The van der Waals surface area contributed by atoms with Crippen molar-refractivity contribution in [3.63, 3.8) is 0 Å². The third-order valence-electron chi connectivity index (χ3n) is 3.27. The van der Waals surface area contributed by atoms with Crippen LogP contribution in [0.2, 0.25) is 0 Å². The van der Waals surface area contributed by atoms with Gasteiger partial charge in [-0.1, -0.05) is 6.07 Å². The van der Waals surface area contributed by atoms with Gasteiger partial charge in [-0.05, 0) is 47.6 Å². The van der Waals surface area contributed by atoms with Crippen molar-refractivity contribution in [3.05, 3.63) is 46.9 Å². The Balaban J connectivity index is 1.98. The van der Waals surface area contributed by atoms with Gasteiger partial charge in [0, 0.05) is 23.8 Å². The standard InChI is InChI=1S/C15H16N4S2/c1-2-19(10-12-4-3-9-20-12)15-13(14(16)18-21-15)11-5-7-17-8-6-11/h3-9H,2,10H2,1H3,(H2,16,18). The van der Waals surface area contributed by atoms with E-state index in [9.17, 15) is 0 Å². The highest BCUT2D eigenvalue weighted by Gasteiger charge is 2.18. The van der Waals surface area contributed by atoms with Crippen molar-refractivity contribution >= 4 is 33.7 Å². The molecule has 0 fully saturated rings. The molecule has 3 aromatic rings. The molecule has 0 radical (unpaired) electrons. The molecular weight excluding hydrogens is 300 g/mol. The Morgan fingerprint density at radius 1 is 1.24 bits per heavy atom. The summed E-state index contributed by atoms with van der Waals surface area (Å²) in [7, 11) is 0. The minimum absolute atomic E-state index is 0.589. The van der Waals surface area contributed by atoms with Crippen LogP contribution in [0.5, 0.6) is 0 Å². The third kappa shape index (κ3) is 2.91. The van der Waals surface area contributed by atoms with Gasteiger partial charge in [0.05, 0.1) is 12.1 Å². The van der Waals surface area contributed by atoms with Crippen LogP contribution < -0.4 is 10.6 Å². The van der Waals surface area contributed by atoms with Crippen molar-refractivity contribution in [3.8, 4) is 11.1 Å². The van der Waals surface area contributed by atoms with Crippen LogP contribution in [0.25, 0.3) is 11.1 Å². The third-order valence-corrected chi connectivity index (χ3v) is 5.05. The number of anilines is 2. The number of hydrogen-bond donors (Lipinski definition) is 1. The van der Waals surface area contributed by atoms with E-state index < -0.39 is 0 Å². The summed E-state index contributed by atoms with van der Waals surface area (Å²) >= 11 is 3.23. The van der Waals surface area contributed by atoms with Gasteiger partial charge >= 0.3 is 0 Å². The van der Waals surface area contributed by atoms with Crippen molar-refractivity contribution in [2.45, 2.75) is 13.5 Å². The second-order valence-electron chi connectivity index (χ2n) is 4.58. The highest BCUT2D eigenvalue weighted by Crippen LogP contribution is 2.39. The van der Waals surface area contributed by atoms with E-state index in [0.29, 0.717) is 5.82 Å². The molecule has 3 aromatic heterocycles. The second kappa shape index (κ2) is 6.24. The fraction of sp³-hybridized carbons (Fsp3) is 0.200. The van der Waals surface area contributed by atoms with E-state index in [0.717, 1.165) is 29.2 Å². The van der Waals surface area contributed by atoms with Gasteiger partial charge in [-0.25, -0.2) is 0 Å². The minimum Gasteiger partial charge on any atom is -0.382 e. The van der Waals surface area contributed by atoms with Gasteiger partial charge in [0.1, 0.15) is 10.8 Å². The van der Waals surface area contributed by atoms with Gasteiger partial charge < -0.3 is 10.6 Å². The molecule has 0 saturated carbocycles. The van der Waals surface area contributed by atoms with Gasteiger partial charge in [-0.2, -0.15) is 4.37 Å². The highest BCUT2D eigenvalue weighted by atomic mass is 32.1. The first-order valence-corrected chi connectivity index (χ1v) is 8.37. The van der Waals surface area contributed by atoms with Crippen LogP contribution in [-0.2, 0) is 6.54 Å². The van der Waals surface area contributed by atoms with E-state index in [4.69, 9.17) is 5.73 Å². The lowest BCUT2D eigenvalue weighted by Crippen LogP contribution is -2.21. The Hall–Kier alpha value is -1.92. The molecule has 0 aliphatic carbocycles. The van der Waals surface area contributed by atoms with E-state index in [1.807, 2.05) is 12.1 Å². The maximum atomic E-state index is 6.09. The van der Waals surface area contributed by atoms with Crippen molar-refractivity contribution in [1.82, 2.24) is 9.36 Å². The molecule has 108 valence electrons. The molecule has 0 unspecified atom stereocenters. The number of hydrogen-bond acceptors (Lipinski definition) is 6. The van der Waals surface area contributed by atoms with Gasteiger partial charge in [0.15, 0.2) is 0 Å². The van der Waals surface area contributed by atoms with E-state index in [-0.39, 0.29) is 0 Å². The summed E-state index contributed by atoms with van der Waals surface area (Å²) < 4.78 is 4.35. The number of nitrogen functional groups attached to an aromatic ring is 1. The molecule has 0 aliphatic rings. The molecule has 0 saturated heterocycles. The van der Waals surface area contributed by atoms with Gasteiger partial charge in [-0.15, -0.1) is 11.3 Å². The summed E-state index contributed by atoms with van der Waals surface area (Å²) in [5, 5.41) is 3.23. The van der Waals surface area contributed by atoms with Crippen molar-refractivity contribution in [2.75, 3.05) is 17.2 Å². The zero-order valence-electron chi connectivity index (χ0n) is 11.7. The summed E-state index contributed by atoms with van der Waals surface area (Å²) in [6.45, 7) is 3.95. The number of rotatable bonds is 5. The van der Waals surface area contributed by atoms with Crippen LogP contribution >= 0.6 is 22.9 Å². The molecule has 3 heterocycles. The topological polar surface area (TPSA) is 55.0 Å². The summed E-state index contributed by atoms with van der Waals surface area (Å²) in [6, 6.07) is 8.19. The SMILES string of the molecule is CCN(Cc1cccs1)c1snc(N)c1-c1ccncc1. The smallest absolute Gasteiger partial charge is 0.147 e. The number of aromatic nitrogens is 2. The van der Waals surface area contributed by atoms with Crippen LogP contribution in [0.3, 0.4) is 0 Å². The van der Waals surface area contributed by atoms with Crippen LogP contribution in [0.1, 0.15) is 11.8 Å². The fourth-order valence-corrected chi connectivity index (χ4v) is 3.84. The predicted octanol–water partition coefficient (Wildman–Crippen LogP) is 3.88. The van der Waals surface area contributed by atoms with Crippen LogP contribution in [0.4, 0.5) is 10.8 Å². The zero-order chi connectivity index (χ0) is 14.7. The molecule has 0 spiro atoms. The second-order valence-corrected chi connectivity index (χ2v) is 6.36. The largest absolute Gasteiger partial charge is 0.382 e. The average molecular weight is 316 g/mol. The lowest BCUT2D eigenvalue weighted by Gasteiger charge is -2.21. The number of nitrogens with zero attached hydrogens (tertiary/aromatic N) is 3. The molecular formula is C15H16N4S2. The minimum atomic E-state index is 0.589. The quantitative estimate of drug-likeness (QED) is 0.776. The van der Waals surface area contributed by atoms with Gasteiger partial charge in [0.2, 0.25) is 0 Å². The molecule has 0 aromatic carbocycles. The van der Waals surface area contributed by atoms with Gasteiger partial charge in [-0.3, -0.25) is 4.98 Å². The molecule has 3 rings (SSSR count). The fourth-order valence-electron chi connectivity index (χ4n) is 2.22. The van der Waals surface area contributed by atoms with E-state index in [1.165, 1.54) is 16.4 Å². The maximum absolute atomic E-state index is 6.09. The van der Waals surface area contributed by atoms with E-state index >= 15 is 0 Å². The molecule has 0 atom stereocenters. The monoisotopic (exact) mass is 316 g/mol. The Morgan fingerprint density at radius 3 is 2.71 bits per heavy atom. The number of thiophene rings is 1. The highest BCUT2D eigenvalue weighted by molar-refractivity contribution is 7.11. The molecule has 2 N–H and O–H groups in total. The lowest BCUT2D eigenvalue weighted by molar-refractivity contribution is 0.853. The van der Waals surface area contributed by atoms with Crippen molar-refractivity contribution in [1.29, 1.82) is 0 Å². The maximum Gasteiger partial charge on any atom is 0.147 e. The number of pyridine rings is 1. The van der Waals surface area contributed by atoms with E-state index in [2.05, 4.69) is 38.7 Å². The molecule has 4 nitrogen and oxygen atoms in total. The Morgan fingerprint density at radius 2 is 2.05 bits per heavy atom. The van der Waals surface area contributed by atoms with Crippen LogP contribution in [0.15, 0.2) is 42.0 Å². The van der Waals surface area contributed by atoms with Crippen LogP contribution in [-0.4, -0.2) is 15.9 Å². The lowest BCUT2D eigenvalue weighted by atomic mass is 10.1. The molecule has 6 heteroatoms. The predicted molar refractivity (Wildman–Crippen MR) is 90.8 cm³/mol. The average Bonchev–Trinajstić information content (AvgIpc) is 3.15. The van der Waals surface area contributed by atoms with Crippen molar-refractivity contribution < 1.29 is 0 Å². The normalized spacial score (nSPS) is 10.7. The first-order valence-electron chi connectivity index (χ1n) is 6.72. The zero-order valence-corrected chi connectivity index (χ0v) is 13.3. The first-order chi connectivity index (χ1) is 10.3. The van der Waals surface area contributed by atoms with Crippen LogP contribution in [0, 0.1) is 0 Å². The summed E-state index contributed by atoms with van der Waals surface area (Å²) in [5.41, 5.74) is 8.17. The van der Waals surface area contributed by atoms with Gasteiger partial charge in [0.25, 0.3) is 0 Å². The molecule has 0 aliphatic heterocycles. The molecule has 21 heavy (non-hydrogen) atoms.